The van der Waals surface area contributed by atoms with Crippen LogP contribution in [0.1, 0.15) is 37.3 Å². The zero-order valence-corrected chi connectivity index (χ0v) is 12.1. The molecule has 1 aromatic rings. The molecule has 1 spiro atoms. The summed E-state index contributed by atoms with van der Waals surface area (Å²) < 4.78 is 1.24. The second-order valence-corrected chi connectivity index (χ2v) is 6.43. The van der Waals surface area contributed by atoms with Crippen molar-refractivity contribution in [3.63, 3.8) is 0 Å². The maximum Gasteiger partial charge on any atom is 0.0178 e. The smallest absolute Gasteiger partial charge is 0.0178 e. The molecular formula is C15H20BrN. The average molecular weight is 294 g/mol. The maximum atomic E-state index is 3.59. The summed E-state index contributed by atoms with van der Waals surface area (Å²) in [4.78, 5) is 2.59. The van der Waals surface area contributed by atoms with Gasteiger partial charge >= 0.3 is 0 Å². The fourth-order valence-electron chi connectivity index (χ4n) is 3.61. The molecule has 1 aromatic carbocycles. The molecule has 1 saturated heterocycles. The number of rotatable bonds is 1. The first-order valence-electron chi connectivity index (χ1n) is 6.75. The Labute approximate surface area is 112 Å². The molecular weight excluding hydrogens is 274 g/mol. The number of likely N-dealkylation sites (tertiary alicyclic amines) is 1. The molecule has 0 saturated carbocycles. The molecule has 1 nitrogen and oxygen atoms in total. The van der Waals surface area contributed by atoms with E-state index in [1.807, 2.05) is 0 Å². The predicted octanol–water partition coefficient (Wildman–Crippen LogP) is 3.75. The lowest BCUT2D eigenvalue weighted by Crippen LogP contribution is -2.41. The Morgan fingerprint density at radius 3 is 2.71 bits per heavy atom. The number of halogens is 1. The third-order valence-corrected chi connectivity index (χ3v) is 5.27. The number of benzene rings is 1. The topological polar surface area (TPSA) is 3.24 Å². The fourth-order valence-corrected chi connectivity index (χ4v) is 4.02. The molecule has 1 aliphatic carbocycles. The van der Waals surface area contributed by atoms with Crippen LogP contribution in [0.4, 0.5) is 0 Å². The number of fused-ring (bicyclic) bond motifs is 2. The van der Waals surface area contributed by atoms with Crippen LogP contribution in [0, 0.1) is 0 Å². The Hall–Kier alpha value is -0.340. The van der Waals surface area contributed by atoms with E-state index in [4.69, 9.17) is 0 Å². The van der Waals surface area contributed by atoms with Gasteiger partial charge < -0.3 is 4.90 Å². The van der Waals surface area contributed by atoms with Crippen LogP contribution < -0.4 is 0 Å². The molecule has 1 aliphatic heterocycles. The summed E-state index contributed by atoms with van der Waals surface area (Å²) in [6.45, 7) is 6.05. The Morgan fingerprint density at radius 2 is 2.00 bits per heavy atom. The van der Waals surface area contributed by atoms with Gasteiger partial charge in [-0.05, 0) is 74.0 Å². The predicted molar refractivity (Wildman–Crippen MR) is 75.5 cm³/mol. The molecule has 0 aromatic heterocycles. The first-order valence-corrected chi connectivity index (χ1v) is 7.54. The van der Waals surface area contributed by atoms with Crippen molar-refractivity contribution in [3.05, 3.63) is 33.8 Å². The van der Waals surface area contributed by atoms with Crippen LogP contribution in [0.15, 0.2) is 22.7 Å². The first-order chi connectivity index (χ1) is 8.23. The van der Waals surface area contributed by atoms with Gasteiger partial charge in [0.05, 0.1) is 0 Å². The summed E-state index contributed by atoms with van der Waals surface area (Å²) in [5, 5.41) is 0. The molecule has 2 aliphatic rings. The average Bonchev–Trinajstić information content (AvgIpc) is 2.69. The number of piperidine rings is 1. The number of hydrogen-bond donors (Lipinski definition) is 0. The monoisotopic (exact) mass is 293 g/mol. The normalized spacial score (nSPS) is 22.9. The van der Waals surface area contributed by atoms with E-state index in [1.54, 1.807) is 11.1 Å². The summed E-state index contributed by atoms with van der Waals surface area (Å²) in [5.41, 5.74) is 3.75. The van der Waals surface area contributed by atoms with Crippen LogP contribution in [0.25, 0.3) is 0 Å². The third kappa shape index (κ3) is 1.96. The highest BCUT2D eigenvalue weighted by Crippen LogP contribution is 2.46. The lowest BCUT2D eigenvalue weighted by Gasteiger charge is -2.39. The quantitative estimate of drug-likeness (QED) is 0.762. The maximum absolute atomic E-state index is 3.59. The number of hydrogen-bond acceptors (Lipinski definition) is 1. The van der Waals surface area contributed by atoms with Crippen LogP contribution in [0.2, 0.25) is 0 Å². The van der Waals surface area contributed by atoms with Crippen molar-refractivity contribution in [2.75, 3.05) is 19.6 Å². The highest BCUT2D eigenvalue weighted by molar-refractivity contribution is 9.10. The molecule has 0 radical (unpaired) electrons. The van der Waals surface area contributed by atoms with E-state index in [1.165, 1.54) is 49.8 Å². The van der Waals surface area contributed by atoms with Crippen molar-refractivity contribution in [2.24, 2.45) is 0 Å². The van der Waals surface area contributed by atoms with Gasteiger partial charge in [-0.1, -0.05) is 28.9 Å². The van der Waals surface area contributed by atoms with Gasteiger partial charge in [0.1, 0.15) is 0 Å². The summed E-state index contributed by atoms with van der Waals surface area (Å²) in [6, 6.07) is 6.92. The summed E-state index contributed by atoms with van der Waals surface area (Å²) in [6.07, 6.45) is 5.36. The highest BCUT2D eigenvalue weighted by Gasteiger charge is 2.40. The molecule has 0 unspecified atom stereocenters. The molecule has 0 atom stereocenters. The third-order valence-electron chi connectivity index (χ3n) is 4.77. The lowest BCUT2D eigenvalue weighted by atomic mass is 9.74. The van der Waals surface area contributed by atoms with Gasteiger partial charge in [0.15, 0.2) is 0 Å². The Balaban J connectivity index is 1.88. The second-order valence-electron chi connectivity index (χ2n) is 5.52. The molecule has 3 rings (SSSR count). The van der Waals surface area contributed by atoms with Gasteiger partial charge in [-0.25, -0.2) is 0 Å². The summed E-state index contributed by atoms with van der Waals surface area (Å²) in [5.74, 6) is 0. The summed E-state index contributed by atoms with van der Waals surface area (Å²) in [7, 11) is 0. The number of nitrogens with zero attached hydrogens (tertiary/aromatic N) is 1. The van der Waals surface area contributed by atoms with Crippen molar-refractivity contribution in [3.8, 4) is 0 Å². The van der Waals surface area contributed by atoms with Crippen LogP contribution >= 0.6 is 15.9 Å². The standard InChI is InChI=1S/C15H20BrN/c1-2-17-9-7-15(8-10-17)6-5-12-11-13(16)3-4-14(12)15/h3-4,11H,2,5-10H2,1H3. The largest absolute Gasteiger partial charge is 0.304 e. The van der Waals surface area contributed by atoms with Gasteiger partial charge in [-0.15, -0.1) is 0 Å². The van der Waals surface area contributed by atoms with E-state index < -0.39 is 0 Å². The minimum atomic E-state index is 0.516. The van der Waals surface area contributed by atoms with E-state index >= 15 is 0 Å². The first kappa shape index (κ1) is 11.7. The van der Waals surface area contributed by atoms with Crippen molar-refractivity contribution in [1.82, 2.24) is 4.90 Å². The minimum absolute atomic E-state index is 0.516. The van der Waals surface area contributed by atoms with Gasteiger partial charge in [-0.2, -0.15) is 0 Å². The molecule has 1 fully saturated rings. The van der Waals surface area contributed by atoms with Crippen molar-refractivity contribution in [1.29, 1.82) is 0 Å². The molecule has 0 bridgehead atoms. The zero-order valence-electron chi connectivity index (χ0n) is 10.5. The van der Waals surface area contributed by atoms with Gasteiger partial charge in [0, 0.05) is 4.47 Å². The molecule has 0 N–H and O–H groups in total. The number of aryl methyl sites for hydroxylation is 1. The second kappa shape index (κ2) is 4.40. The molecule has 0 amide bonds. The Kier molecular flexibility index (Phi) is 3.04. The van der Waals surface area contributed by atoms with E-state index in [9.17, 15) is 0 Å². The molecule has 17 heavy (non-hydrogen) atoms. The minimum Gasteiger partial charge on any atom is -0.304 e. The van der Waals surface area contributed by atoms with Crippen LogP contribution in [0.5, 0.6) is 0 Å². The fraction of sp³-hybridized carbons (Fsp3) is 0.600. The van der Waals surface area contributed by atoms with E-state index in [0.717, 1.165) is 0 Å². The SMILES string of the molecule is CCN1CCC2(CCc3cc(Br)ccc32)CC1. The van der Waals surface area contributed by atoms with E-state index in [-0.39, 0.29) is 0 Å². The van der Waals surface area contributed by atoms with Gasteiger partial charge in [0.25, 0.3) is 0 Å². The van der Waals surface area contributed by atoms with Crippen molar-refractivity contribution >= 4 is 15.9 Å². The van der Waals surface area contributed by atoms with E-state index in [2.05, 4.69) is 46.0 Å². The van der Waals surface area contributed by atoms with Gasteiger partial charge in [0.2, 0.25) is 0 Å². The lowest BCUT2D eigenvalue weighted by molar-refractivity contribution is 0.165. The molecule has 92 valence electrons. The van der Waals surface area contributed by atoms with Crippen LogP contribution in [-0.2, 0) is 11.8 Å². The molecule has 1 heterocycles. The zero-order chi connectivity index (χ0) is 11.9. The van der Waals surface area contributed by atoms with Crippen LogP contribution in [-0.4, -0.2) is 24.5 Å². The van der Waals surface area contributed by atoms with E-state index in [0.29, 0.717) is 5.41 Å². The Bertz CT molecular complexity index is 419. The Morgan fingerprint density at radius 1 is 1.24 bits per heavy atom. The summed E-state index contributed by atoms with van der Waals surface area (Å²) >= 11 is 3.59. The molecule has 2 heteroatoms. The van der Waals surface area contributed by atoms with Crippen molar-refractivity contribution < 1.29 is 0 Å². The van der Waals surface area contributed by atoms with Crippen molar-refractivity contribution in [2.45, 2.75) is 38.0 Å². The highest BCUT2D eigenvalue weighted by atomic mass is 79.9. The van der Waals surface area contributed by atoms with Gasteiger partial charge in [-0.3, -0.25) is 0 Å². The van der Waals surface area contributed by atoms with Crippen LogP contribution in [0.3, 0.4) is 0 Å².